The van der Waals surface area contributed by atoms with Gasteiger partial charge in [0.2, 0.25) is 0 Å². The van der Waals surface area contributed by atoms with Crippen molar-refractivity contribution in [2.45, 2.75) is 29.8 Å². The maximum Gasteiger partial charge on any atom is 0.490 e. The molecule has 0 saturated heterocycles. The molecule has 4 rings (SSSR count). The Kier molecular flexibility index (Phi) is 11.2. The smallest absolute Gasteiger partial charge is 0.490 e. The van der Waals surface area contributed by atoms with Gasteiger partial charge in [-0.3, -0.25) is 14.2 Å². The van der Waals surface area contributed by atoms with Crippen LogP contribution in [-0.4, -0.2) is 73.9 Å². The van der Waals surface area contributed by atoms with E-state index in [0.29, 0.717) is 41.4 Å². The van der Waals surface area contributed by atoms with E-state index in [1.807, 2.05) is 55.4 Å². The number of alkyl halides is 3. The molecular formula is C27H28ClF3N4O6S2. The molecule has 0 aliphatic carbocycles. The Hall–Kier alpha value is -3.66. The van der Waals surface area contributed by atoms with E-state index in [9.17, 15) is 26.4 Å². The quantitative estimate of drug-likeness (QED) is 0.222. The number of sulfonamides is 1. The van der Waals surface area contributed by atoms with E-state index >= 15 is 0 Å². The van der Waals surface area contributed by atoms with Gasteiger partial charge in [-0.1, -0.05) is 41.9 Å². The lowest BCUT2D eigenvalue weighted by Gasteiger charge is -2.09. The average molecular weight is 661 g/mol. The summed E-state index contributed by atoms with van der Waals surface area (Å²) in [5.74, 6) is -1.88. The number of aromatic nitrogens is 2. The number of rotatable bonds is 11. The fraction of sp³-hybridized carbons (Fsp3) is 0.296. The van der Waals surface area contributed by atoms with Crippen molar-refractivity contribution in [3.05, 3.63) is 70.1 Å². The Labute approximate surface area is 254 Å². The standard InChI is InChI=1S/C25H27ClN4O4S2.C2HF3O2/c1-29(2)16-19(31)11-10-17-6-4-7-18(14-17)15-30-20-8-5-9-21(34-3)24(20)25(27-30)28-36(32,33)23-13-12-22(26)35-23;3-2(4,5)1(6)7/h4-9,12-14H,10-11,15-16H2,1-3H3,(H,27,28);(H,6,7). The number of aryl methyl sites for hydroxylation is 1. The molecule has 2 N–H and O–H groups in total. The van der Waals surface area contributed by atoms with E-state index in [2.05, 4.69) is 9.82 Å². The fourth-order valence-corrected chi connectivity index (χ4v) is 6.44. The normalized spacial score (nSPS) is 11.7. The third-order valence-electron chi connectivity index (χ3n) is 5.76. The van der Waals surface area contributed by atoms with Crippen LogP contribution >= 0.6 is 22.9 Å². The zero-order valence-electron chi connectivity index (χ0n) is 23.2. The first kappa shape index (κ1) is 33.8. The SMILES string of the molecule is COc1cccc2c1c(NS(=O)(=O)c1ccc(Cl)s1)nn2Cc1cccc(CCC(=O)CN(C)C)c1.O=C(O)C(F)(F)F. The van der Waals surface area contributed by atoms with Crippen LogP contribution in [0.5, 0.6) is 5.75 Å². The topological polar surface area (TPSA) is 131 Å². The highest BCUT2D eigenvalue weighted by Gasteiger charge is 2.38. The number of carboxylic acid groups (broad SMARTS) is 1. The van der Waals surface area contributed by atoms with Crippen molar-refractivity contribution in [3.8, 4) is 5.75 Å². The molecule has 10 nitrogen and oxygen atoms in total. The number of ether oxygens (including phenoxy) is 1. The highest BCUT2D eigenvalue weighted by Crippen LogP contribution is 2.35. The number of Topliss-reactive ketones (excluding diaryl/α,β-unsaturated/α-hetero) is 1. The summed E-state index contributed by atoms with van der Waals surface area (Å²) in [7, 11) is 1.41. The van der Waals surface area contributed by atoms with E-state index < -0.39 is 22.2 Å². The van der Waals surface area contributed by atoms with Crippen molar-refractivity contribution in [1.29, 1.82) is 0 Å². The van der Waals surface area contributed by atoms with Crippen molar-refractivity contribution in [2.24, 2.45) is 0 Å². The molecule has 4 aromatic rings. The van der Waals surface area contributed by atoms with Gasteiger partial charge in [-0.15, -0.1) is 11.3 Å². The van der Waals surface area contributed by atoms with Crippen molar-refractivity contribution in [3.63, 3.8) is 0 Å². The van der Waals surface area contributed by atoms with E-state index in [4.69, 9.17) is 26.2 Å². The van der Waals surface area contributed by atoms with Gasteiger partial charge < -0.3 is 14.7 Å². The Morgan fingerprint density at radius 1 is 1.12 bits per heavy atom. The Balaban J connectivity index is 0.000000646. The second-order valence-electron chi connectivity index (χ2n) is 9.42. The lowest BCUT2D eigenvalue weighted by molar-refractivity contribution is -0.192. The molecule has 0 bridgehead atoms. The minimum Gasteiger partial charge on any atom is -0.496 e. The van der Waals surface area contributed by atoms with Gasteiger partial charge in [0.1, 0.15) is 15.7 Å². The van der Waals surface area contributed by atoms with Crippen molar-refractivity contribution >= 4 is 61.4 Å². The lowest BCUT2D eigenvalue weighted by atomic mass is 10.0. The summed E-state index contributed by atoms with van der Waals surface area (Å²) in [6.07, 6.45) is -3.95. The summed E-state index contributed by atoms with van der Waals surface area (Å²) in [6, 6.07) is 16.5. The summed E-state index contributed by atoms with van der Waals surface area (Å²) in [5.41, 5.74) is 2.77. The summed E-state index contributed by atoms with van der Waals surface area (Å²) in [4.78, 5) is 22.9. The van der Waals surface area contributed by atoms with Gasteiger partial charge in [-0.05, 0) is 55.9 Å². The first-order chi connectivity index (χ1) is 20.1. The summed E-state index contributed by atoms with van der Waals surface area (Å²) in [5, 5.41) is 12.3. The molecule has 2 aromatic carbocycles. The molecule has 232 valence electrons. The van der Waals surface area contributed by atoms with Gasteiger partial charge in [0.05, 0.1) is 35.4 Å². The van der Waals surface area contributed by atoms with Crippen LogP contribution in [0.25, 0.3) is 10.9 Å². The van der Waals surface area contributed by atoms with Crippen LogP contribution in [0.15, 0.2) is 58.8 Å². The number of anilines is 1. The number of likely N-dealkylation sites (N-methyl/N-ethyl adjacent to an activating group) is 1. The van der Waals surface area contributed by atoms with E-state index in [0.717, 1.165) is 28.0 Å². The zero-order valence-corrected chi connectivity index (χ0v) is 25.6. The third kappa shape index (κ3) is 9.41. The summed E-state index contributed by atoms with van der Waals surface area (Å²) >= 11 is 6.92. The molecule has 2 heterocycles. The molecule has 0 spiro atoms. The highest BCUT2D eigenvalue weighted by molar-refractivity contribution is 7.94. The second-order valence-corrected chi connectivity index (χ2v) is 13.0. The molecule has 0 unspecified atom stereocenters. The number of hydrogen-bond donors (Lipinski definition) is 2. The monoisotopic (exact) mass is 660 g/mol. The van der Waals surface area contributed by atoms with E-state index in [1.54, 1.807) is 16.8 Å². The molecule has 0 aliphatic heterocycles. The zero-order chi connectivity index (χ0) is 31.9. The third-order valence-corrected chi connectivity index (χ3v) is 8.82. The maximum atomic E-state index is 13.0. The number of benzene rings is 2. The number of nitrogens with one attached hydrogen (secondary N) is 1. The number of fused-ring (bicyclic) bond motifs is 1. The molecule has 2 aromatic heterocycles. The molecule has 0 amide bonds. The second kappa shape index (κ2) is 14.2. The number of nitrogens with zero attached hydrogens (tertiary/aromatic N) is 3. The Morgan fingerprint density at radius 2 is 1.77 bits per heavy atom. The number of hydrogen-bond acceptors (Lipinski definition) is 8. The summed E-state index contributed by atoms with van der Waals surface area (Å²) in [6.45, 7) is 0.840. The van der Waals surface area contributed by atoms with Gasteiger partial charge in [0.15, 0.2) is 5.82 Å². The predicted molar refractivity (Wildman–Crippen MR) is 158 cm³/mol. The first-order valence-corrected chi connectivity index (χ1v) is 15.1. The van der Waals surface area contributed by atoms with Crippen molar-refractivity contribution < 1.29 is 41.0 Å². The van der Waals surface area contributed by atoms with Gasteiger partial charge in [-0.2, -0.15) is 18.3 Å². The molecule has 0 saturated carbocycles. The van der Waals surface area contributed by atoms with E-state index in [-0.39, 0.29) is 15.8 Å². The molecule has 16 heteroatoms. The van der Waals surface area contributed by atoms with Crippen LogP contribution in [-0.2, 0) is 32.6 Å². The maximum absolute atomic E-state index is 13.0. The molecule has 43 heavy (non-hydrogen) atoms. The summed E-state index contributed by atoms with van der Waals surface area (Å²) < 4.78 is 68.0. The van der Waals surface area contributed by atoms with Gasteiger partial charge >= 0.3 is 12.1 Å². The minimum atomic E-state index is -5.08. The fourth-order valence-electron chi connectivity index (χ4n) is 3.95. The van der Waals surface area contributed by atoms with Crippen LogP contribution in [0.3, 0.4) is 0 Å². The number of carbonyl (C=O) groups excluding carboxylic acids is 1. The molecular weight excluding hydrogens is 633 g/mol. The number of methoxy groups -OCH3 is 1. The lowest BCUT2D eigenvalue weighted by Crippen LogP contribution is -2.21. The molecule has 0 fully saturated rings. The van der Waals surface area contributed by atoms with Crippen LogP contribution in [0.4, 0.5) is 19.0 Å². The number of carboxylic acids is 1. The van der Waals surface area contributed by atoms with Crippen LogP contribution in [0, 0.1) is 0 Å². The van der Waals surface area contributed by atoms with Gasteiger partial charge in [-0.25, -0.2) is 13.2 Å². The highest BCUT2D eigenvalue weighted by atomic mass is 35.5. The minimum absolute atomic E-state index is 0.0987. The van der Waals surface area contributed by atoms with Crippen LogP contribution in [0.2, 0.25) is 4.34 Å². The number of carbonyl (C=O) groups is 2. The largest absolute Gasteiger partial charge is 0.496 e. The van der Waals surface area contributed by atoms with Crippen LogP contribution in [0.1, 0.15) is 17.5 Å². The Morgan fingerprint density at radius 3 is 2.35 bits per heavy atom. The molecule has 0 atom stereocenters. The van der Waals surface area contributed by atoms with Gasteiger partial charge in [0.25, 0.3) is 10.0 Å². The molecule has 0 aliphatic rings. The number of aliphatic carboxylic acids is 1. The number of ketones is 1. The number of halogens is 4. The predicted octanol–water partition coefficient (Wildman–Crippen LogP) is 5.31. The van der Waals surface area contributed by atoms with Crippen LogP contribution < -0.4 is 9.46 Å². The van der Waals surface area contributed by atoms with Gasteiger partial charge in [0, 0.05) is 6.42 Å². The number of thiophene rings is 1. The molecule has 0 radical (unpaired) electrons. The average Bonchev–Trinajstić information content (AvgIpc) is 3.51. The van der Waals surface area contributed by atoms with E-state index in [1.165, 1.54) is 13.2 Å². The first-order valence-electron chi connectivity index (χ1n) is 12.5. The Bertz CT molecular complexity index is 1700. The van der Waals surface area contributed by atoms with Crippen molar-refractivity contribution in [2.75, 3.05) is 32.5 Å². The van der Waals surface area contributed by atoms with Crippen molar-refractivity contribution in [1.82, 2.24) is 14.7 Å².